The summed E-state index contributed by atoms with van der Waals surface area (Å²) in [5, 5.41) is 10.9. The Hall–Kier alpha value is -1.21. The van der Waals surface area contributed by atoms with Crippen LogP contribution in [-0.2, 0) is 9.47 Å². The van der Waals surface area contributed by atoms with Crippen molar-refractivity contribution in [3.63, 3.8) is 0 Å². The van der Waals surface area contributed by atoms with Crippen molar-refractivity contribution >= 4 is 22.6 Å². The molecule has 2 aromatic heterocycles. The van der Waals surface area contributed by atoms with Crippen LogP contribution < -0.4 is 0 Å². The molecule has 22 heavy (non-hydrogen) atoms. The summed E-state index contributed by atoms with van der Waals surface area (Å²) in [7, 11) is 0. The highest BCUT2D eigenvalue weighted by atomic mass is 35.5. The van der Waals surface area contributed by atoms with Crippen LogP contribution in [0.3, 0.4) is 0 Å². The van der Waals surface area contributed by atoms with E-state index in [1.165, 1.54) is 6.33 Å². The maximum Gasteiger partial charge on any atom is 0.163 e. The first-order chi connectivity index (χ1) is 10.5. The van der Waals surface area contributed by atoms with E-state index >= 15 is 0 Å². The SMILES string of the molecule is CC1(C)O[C@@H]2[C@H](O1)C(CO)C[C@H]2n1ccc2c(Cl)ncnc21. The van der Waals surface area contributed by atoms with Gasteiger partial charge in [-0.2, -0.15) is 0 Å². The van der Waals surface area contributed by atoms with Gasteiger partial charge in [0.2, 0.25) is 0 Å². The van der Waals surface area contributed by atoms with E-state index in [4.69, 9.17) is 21.1 Å². The van der Waals surface area contributed by atoms with Crippen molar-refractivity contribution in [3.8, 4) is 0 Å². The van der Waals surface area contributed by atoms with Gasteiger partial charge in [-0.1, -0.05) is 11.6 Å². The quantitative estimate of drug-likeness (QED) is 0.858. The highest BCUT2D eigenvalue weighted by Crippen LogP contribution is 2.47. The number of fused-ring (bicyclic) bond motifs is 2. The second-order valence-corrected chi connectivity index (χ2v) is 6.79. The molecule has 7 heteroatoms. The average Bonchev–Trinajstić information content (AvgIpc) is 3.10. The third-order valence-corrected chi connectivity index (χ3v) is 4.91. The predicted octanol–water partition coefficient (Wildman–Crippen LogP) is 2.16. The molecule has 1 unspecified atom stereocenters. The second kappa shape index (κ2) is 4.89. The van der Waals surface area contributed by atoms with Gasteiger partial charge in [0, 0.05) is 18.7 Å². The molecule has 1 aliphatic carbocycles. The molecule has 6 nitrogen and oxygen atoms in total. The van der Waals surface area contributed by atoms with Crippen molar-refractivity contribution in [2.24, 2.45) is 5.92 Å². The van der Waals surface area contributed by atoms with Crippen LogP contribution in [0.1, 0.15) is 26.3 Å². The lowest BCUT2D eigenvalue weighted by molar-refractivity contribution is -0.161. The summed E-state index contributed by atoms with van der Waals surface area (Å²) in [5.41, 5.74) is 0.788. The van der Waals surface area contributed by atoms with E-state index in [2.05, 4.69) is 14.5 Å². The molecule has 3 heterocycles. The molecule has 4 atom stereocenters. The Balaban J connectivity index is 1.77. The van der Waals surface area contributed by atoms with Gasteiger partial charge in [-0.15, -0.1) is 0 Å². The van der Waals surface area contributed by atoms with Gasteiger partial charge in [-0.3, -0.25) is 0 Å². The van der Waals surface area contributed by atoms with Crippen LogP contribution in [0.4, 0.5) is 0 Å². The zero-order valence-corrected chi connectivity index (χ0v) is 13.2. The largest absolute Gasteiger partial charge is 0.396 e. The zero-order chi connectivity index (χ0) is 15.5. The molecule has 0 radical (unpaired) electrons. The van der Waals surface area contributed by atoms with Gasteiger partial charge >= 0.3 is 0 Å². The van der Waals surface area contributed by atoms with E-state index in [9.17, 15) is 5.11 Å². The lowest BCUT2D eigenvalue weighted by atomic mass is 10.1. The maximum atomic E-state index is 9.66. The van der Waals surface area contributed by atoms with Crippen LogP contribution in [0.15, 0.2) is 18.6 Å². The van der Waals surface area contributed by atoms with Crippen LogP contribution in [0.25, 0.3) is 11.0 Å². The molecule has 118 valence electrons. The first-order valence-corrected chi connectivity index (χ1v) is 7.81. The highest BCUT2D eigenvalue weighted by Gasteiger charge is 2.54. The third-order valence-electron chi connectivity index (χ3n) is 4.60. The van der Waals surface area contributed by atoms with E-state index in [0.717, 1.165) is 17.5 Å². The minimum absolute atomic E-state index is 0.0616. The fraction of sp³-hybridized carbons (Fsp3) is 0.600. The molecule has 1 saturated heterocycles. The van der Waals surface area contributed by atoms with Gasteiger partial charge in [0.05, 0.1) is 17.5 Å². The maximum absolute atomic E-state index is 9.66. The zero-order valence-electron chi connectivity index (χ0n) is 12.4. The summed E-state index contributed by atoms with van der Waals surface area (Å²) < 4.78 is 14.1. The lowest BCUT2D eigenvalue weighted by Crippen LogP contribution is -2.27. The number of halogens is 1. The van der Waals surface area contributed by atoms with Crippen molar-refractivity contribution < 1.29 is 14.6 Å². The Bertz CT molecular complexity index is 717. The summed E-state index contributed by atoms with van der Waals surface area (Å²) in [6, 6.07) is 1.98. The Morgan fingerprint density at radius 2 is 2.14 bits per heavy atom. The van der Waals surface area contributed by atoms with Gasteiger partial charge in [0.25, 0.3) is 0 Å². The molecule has 2 fully saturated rings. The van der Waals surface area contributed by atoms with Gasteiger partial charge < -0.3 is 19.1 Å². The number of aliphatic hydroxyl groups is 1. The van der Waals surface area contributed by atoms with E-state index in [0.29, 0.717) is 5.15 Å². The van der Waals surface area contributed by atoms with Crippen LogP contribution in [0, 0.1) is 5.92 Å². The predicted molar refractivity (Wildman–Crippen MR) is 80.6 cm³/mol. The molecular weight excluding hydrogens is 306 g/mol. The number of aliphatic hydroxyl groups excluding tert-OH is 1. The van der Waals surface area contributed by atoms with Crippen molar-refractivity contribution in [1.82, 2.24) is 14.5 Å². The standard InChI is InChI=1S/C15H18ClN3O3/c1-15(2)21-11-8(6-20)5-10(12(11)22-15)19-4-3-9-13(16)17-7-18-14(9)19/h3-4,7-8,10-12,20H,5-6H2,1-2H3/t8?,10-,11-,12+/m1/s1. The fourth-order valence-corrected chi connectivity index (χ4v) is 3.91. The Morgan fingerprint density at radius 3 is 2.91 bits per heavy atom. The monoisotopic (exact) mass is 323 g/mol. The van der Waals surface area contributed by atoms with E-state index in [1.807, 2.05) is 26.1 Å². The van der Waals surface area contributed by atoms with E-state index in [-0.39, 0.29) is 30.8 Å². The van der Waals surface area contributed by atoms with Gasteiger partial charge in [0.15, 0.2) is 5.79 Å². The van der Waals surface area contributed by atoms with Crippen molar-refractivity contribution in [2.75, 3.05) is 6.61 Å². The van der Waals surface area contributed by atoms with Gasteiger partial charge in [-0.25, -0.2) is 9.97 Å². The van der Waals surface area contributed by atoms with Crippen LogP contribution in [0.2, 0.25) is 5.15 Å². The molecule has 2 aliphatic rings. The molecule has 4 rings (SSSR count). The second-order valence-electron chi connectivity index (χ2n) is 6.44. The van der Waals surface area contributed by atoms with E-state index in [1.54, 1.807) is 0 Å². The average molecular weight is 324 g/mol. The normalized spacial score (nSPS) is 33.5. The highest BCUT2D eigenvalue weighted by molar-refractivity contribution is 6.33. The molecule has 2 aromatic rings. The molecular formula is C15H18ClN3O3. The number of hydrogen-bond donors (Lipinski definition) is 1. The fourth-order valence-electron chi connectivity index (χ4n) is 3.72. The summed E-state index contributed by atoms with van der Waals surface area (Å²) in [4.78, 5) is 8.37. The molecule has 0 amide bonds. The smallest absolute Gasteiger partial charge is 0.163 e. The number of nitrogens with zero attached hydrogens (tertiary/aromatic N) is 3. The summed E-state index contributed by atoms with van der Waals surface area (Å²) >= 11 is 6.13. The summed E-state index contributed by atoms with van der Waals surface area (Å²) in [6.45, 7) is 3.90. The van der Waals surface area contributed by atoms with Crippen molar-refractivity contribution in [1.29, 1.82) is 0 Å². The van der Waals surface area contributed by atoms with E-state index < -0.39 is 5.79 Å². The minimum Gasteiger partial charge on any atom is -0.396 e. The molecule has 0 bridgehead atoms. The minimum atomic E-state index is -0.628. The Morgan fingerprint density at radius 1 is 1.36 bits per heavy atom. The molecule has 1 N–H and O–H groups in total. The Labute approximate surface area is 133 Å². The van der Waals surface area contributed by atoms with Crippen LogP contribution in [0.5, 0.6) is 0 Å². The number of rotatable bonds is 2. The molecule has 0 spiro atoms. The first kappa shape index (κ1) is 14.4. The van der Waals surface area contributed by atoms with Crippen LogP contribution >= 0.6 is 11.6 Å². The van der Waals surface area contributed by atoms with Crippen molar-refractivity contribution in [2.45, 2.75) is 44.3 Å². The van der Waals surface area contributed by atoms with Crippen LogP contribution in [-0.4, -0.2) is 44.2 Å². The molecule has 1 aliphatic heterocycles. The summed E-state index contributed by atoms with van der Waals surface area (Å²) in [6.07, 6.45) is 4.01. The molecule has 1 saturated carbocycles. The van der Waals surface area contributed by atoms with Crippen molar-refractivity contribution in [3.05, 3.63) is 23.7 Å². The number of ether oxygens (including phenoxy) is 2. The third kappa shape index (κ3) is 2.06. The summed E-state index contributed by atoms with van der Waals surface area (Å²) in [5.74, 6) is -0.566. The topological polar surface area (TPSA) is 69.4 Å². The number of hydrogen-bond acceptors (Lipinski definition) is 5. The van der Waals surface area contributed by atoms with Gasteiger partial charge in [0.1, 0.15) is 23.2 Å². The number of aromatic nitrogens is 3. The molecule has 0 aromatic carbocycles. The lowest BCUT2D eigenvalue weighted by Gasteiger charge is -2.24. The Kier molecular flexibility index (Phi) is 3.20. The van der Waals surface area contributed by atoms with Gasteiger partial charge in [-0.05, 0) is 26.3 Å². The first-order valence-electron chi connectivity index (χ1n) is 7.44.